The highest BCUT2D eigenvalue weighted by atomic mass is 79.9. The molecular formula is C19H24BrN. The third kappa shape index (κ3) is 4.69. The Kier molecular flexibility index (Phi) is 6.01. The van der Waals surface area contributed by atoms with Crippen molar-refractivity contribution in [2.24, 2.45) is 0 Å². The highest BCUT2D eigenvalue weighted by Gasteiger charge is 2.11. The Bertz CT molecular complexity index is 562. The van der Waals surface area contributed by atoms with Gasteiger partial charge in [-0.05, 0) is 49.1 Å². The Morgan fingerprint density at radius 1 is 0.952 bits per heavy atom. The van der Waals surface area contributed by atoms with Crippen molar-refractivity contribution in [3.63, 3.8) is 0 Å². The molecule has 2 aromatic carbocycles. The van der Waals surface area contributed by atoms with E-state index < -0.39 is 0 Å². The Balaban J connectivity index is 2.01. The zero-order valence-electron chi connectivity index (χ0n) is 13.1. The summed E-state index contributed by atoms with van der Waals surface area (Å²) in [5.41, 5.74) is 4.07. The first-order valence-electron chi connectivity index (χ1n) is 7.70. The minimum atomic E-state index is 0.327. The highest BCUT2D eigenvalue weighted by Crippen LogP contribution is 2.22. The number of hydrogen-bond donors (Lipinski definition) is 1. The van der Waals surface area contributed by atoms with E-state index in [0.717, 1.165) is 10.9 Å². The predicted molar refractivity (Wildman–Crippen MR) is 94.5 cm³/mol. The van der Waals surface area contributed by atoms with Gasteiger partial charge in [0, 0.05) is 16.6 Å². The first-order valence-corrected chi connectivity index (χ1v) is 8.49. The van der Waals surface area contributed by atoms with Gasteiger partial charge < -0.3 is 5.32 Å². The molecule has 0 saturated carbocycles. The summed E-state index contributed by atoms with van der Waals surface area (Å²) >= 11 is 3.54. The lowest BCUT2D eigenvalue weighted by molar-refractivity contribution is 0.494. The number of aryl methyl sites for hydroxylation is 1. The molecule has 1 unspecified atom stereocenters. The average Bonchev–Trinajstić information content (AvgIpc) is 2.48. The van der Waals surface area contributed by atoms with Crippen molar-refractivity contribution in [3.8, 4) is 0 Å². The SMILES string of the molecule is CCCc1ccc(C(C)N[C@H](C)c2cccc(Br)c2)cc1. The lowest BCUT2D eigenvalue weighted by Gasteiger charge is -2.21. The molecule has 0 amide bonds. The number of rotatable bonds is 6. The van der Waals surface area contributed by atoms with Gasteiger partial charge in [0.1, 0.15) is 0 Å². The van der Waals surface area contributed by atoms with E-state index in [1.165, 1.54) is 23.1 Å². The van der Waals surface area contributed by atoms with Gasteiger partial charge >= 0.3 is 0 Å². The van der Waals surface area contributed by atoms with E-state index in [0.29, 0.717) is 12.1 Å². The minimum Gasteiger partial charge on any atom is -0.304 e. The summed E-state index contributed by atoms with van der Waals surface area (Å²) in [5, 5.41) is 3.67. The van der Waals surface area contributed by atoms with Crippen molar-refractivity contribution < 1.29 is 0 Å². The monoisotopic (exact) mass is 345 g/mol. The van der Waals surface area contributed by atoms with Crippen molar-refractivity contribution >= 4 is 15.9 Å². The Labute approximate surface area is 136 Å². The van der Waals surface area contributed by atoms with Gasteiger partial charge in [0.25, 0.3) is 0 Å². The van der Waals surface area contributed by atoms with Crippen LogP contribution in [0.5, 0.6) is 0 Å². The minimum absolute atomic E-state index is 0.327. The van der Waals surface area contributed by atoms with Gasteiger partial charge in [0.2, 0.25) is 0 Å². The molecule has 0 aliphatic heterocycles. The average molecular weight is 346 g/mol. The molecule has 1 nitrogen and oxygen atoms in total. The fourth-order valence-electron chi connectivity index (χ4n) is 2.61. The molecule has 2 rings (SSSR count). The maximum absolute atomic E-state index is 3.67. The van der Waals surface area contributed by atoms with Gasteiger partial charge in [-0.3, -0.25) is 0 Å². The van der Waals surface area contributed by atoms with Gasteiger partial charge in [-0.15, -0.1) is 0 Å². The second-order valence-electron chi connectivity index (χ2n) is 5.66. The zero-order chi connectivity index (χ0) is 15.2. The van der Waals surface area contributed by atoms with Crippen LogP contribution in [0, 0.1) is 0 Å². The molecule has 21 heavy (non-hydrogen) atoms. The molecule has 2 aromatic rings. The topological polar surface area (TPSA) is 12.0 Å². The quantitative estimate of drug-likeness (QED) is 0.696. The first kappa shape index (κ1) is 16.3. The van der Waals surface area contributed by atoms with Crippen molar-refractivity contribution in [1.29, 1.82) is 0 Å². The van der Waals surface area contributed by atoms with Gasteiger partial charge in [-0.2, -0.15) is 0 Å². The number of hydrogen-bond acceptors (Lipinski definition) is 1. The van der Waals surface area contributed by atoms with E-state index >= 15 is 0 Å². The standard InChI is InChI=1S/C19H24BrN/c1-4-6-16-9-11-17(12-10-16)14(2)21-15(3)18-7-5-8-19(20)13-18/h5,7-15,21H,4,6H2,1-3H3/t14?,15-/m1/s1. The molecule has 0 aliphatic rings. The summed E-state index contributed by atoms with van der Waals surface area (Å²) in [6.45, 7) is 6.66. The Hall–Kier alpha value is -1.12. The number of benzene rings is 2. The largest absolute Gasteiger partial charge is 0.304 e. The summed E-state index contributed by atoms with van der Waals surface area (Å²) in [6.07, 6.45) is 2.36. The van der Waals surface area contributed by atoms with E-state index in [4.69, 9.17) is 0 Å². The van der Waals surface area contributed by atoms with Crippen LogP contribution in [-0.2, 0) is 6.42 Å². The van der Waals surface area contributed by atoms with Crippen molar-refractivity contribution in [1.82, 2.24) is 5.32 Å². The van der Waals surface area contributed by atoms with Crippen molar-refractivity contribution in [2.45, 2.75) is 45.7 Å². The third-order valence-electron chi connectivity index (χ3n) is 3.87. The molecule has 1 N–H and O–H groups in total. The number of nitrogens with one attached hydrogen (secondary N) is 1. The fraction of sp³-hybridized carbons (Fsp3) is 0.368. The van der Waals surface area contributed by atoms with Gasteiger partial charge in [-0.25, -0.2) is 0 Å². The van der Waals surface area contributed by atoms with Crippen LogP contribution in [0.4, 0.5) is 0 Å². The molecule has 0 aliphatic carbocycles. The Morgan fingerprint density at radius 3 is 2.24 bits per heavy atom. The first-order chi connectivity index (χ1) is 10.1. The van der Waals surface area contributed by atoms with Crippen LogP contribution in [-0.4, -0.2) is 0 Å². The maximum atomic E-state index is 3.67. The van der Waals surface area contributed by atoms with Gasteiger partial charge in [0.15, 0.2) is 0 Å². The number of halogens is 1. The third-order valence-corrected chi connectivity index (χ3v) is 4.36. The summed E-state index contributed by atoms with van der Waals surface area (Å²) in [5.74, 6) is 0. The molecule has 0 spiro atoms. The summed E-state index contributed by atoms with van der Waals surface area (Å²) in [6, 6.07) is 18.2. The maximum Gasteiger partial charge on any atom is 0.0297 e. The smallest absolute Gasteiger partial charge is 0.0297 e. The van der Waals surface area contributed by atoms with E-state index in [9.17, 15) is 0 Å². The van der Waals surface area contributed by atoms with Crippen LogP contribution in [0.25, 0.3) is 0 Å². The summed E-state index contributed by atoms with van der Waals surface area (Å²) in [4.78, 5) is 0. The zero-order valence-corrected chi connectivity index (χ0v) is 14.7. The normalized spacial score (nSPS) is 13.9. The van der Waals surface area contributed by atoms with E-state index in [2.05, 4.69) is 90.5 Å². The lowest BCUT2D eigenvalue weighted by Crippen LogP contribution is -2.22. The van der Waals surface area contributed by atoms with Gasteiger partial charge in [-0.1, -0.05) is 65.7 Å². The molecule has 112 valence electrons. The van der Waals surface area contributed by atoms with Crippen LogP contribution in [0.3, 0.4) is 0 Å². The van der Waals surface area contributed by atoms with Crippen LogP contribution in [0.2, 0.25) is 0 Å². The van der Waals surface area contributed by atoms with Crippen LogP contribution < -0.4 is 5.32 Å². The van der Waals surface area contributed by atoms with Crippen molar-refractivity contribution in [3.05, 3.63) is 69.7 Å². The molecule has 2 atom stereocenters. The van der Waals surface area contributed by atoms with E-state index in [1.807, 2.05) is 0 Å². The van der Waals surface area contributed by atoms with Gasteiger partial charge in [0.05, 0.1) is 0 Å². The van der Waals surface area contributed by atoms with E-state index in [-0.39, 0.29) is 0 Å². The van der Waals surface area contributed by atoms with Crippen LogP contribution >= 0.6 is 15.9 Å². The predicted octanol–water partition coefficient (Wildman–Crippen LogP) is 5.81. The summed E-state index contributed by atoms with van der Waals surface area (Å²) in [7, 11) is 0. The van der Waals surface area contributed by atoms with E-state index in [1.54, 1.807) is 0 Å². The molecule has 0 heterocycles. The molecule has 0 bridgehead atoms. The molecule has 0 fully saturated rings. The van der Waals surface area contributed by atoms with Crippen LogP contribution in [0.15, 0.2) is 53.0 Å². The molecular weight excluding hydrogens is 322 g/mol. The molecule has 0 radical (unpaired) electrons. The molecule has 2 heteroatoms. The lowest BCUT2D eigenvalue weighted by atomic mass is 10.0. The highest BCUT2D eigenvalue weighted by molar-refractivity contribution is 9.10. The Morgan fingerprint density at radius 2 is 1.62 bits per heavy atom. The summed E-state index contributed by atoms with van der Waals surface area (Å²) < 4.78 is 1.13. The van der Waals surface area contributed by atoms with Crippen molar-refractivity contribution in [2.75, 3.05) is 0 Å². The van der Waals surface area contributed by atoms with Crippen LogP contribution in [0.1, 0.15) is 56.0 Å². The second-order valence-corrected chi connectivity index (χ2v) is 6.57. The molecule has 0 saturated heterocycles. The fourth-order valence-corrected chi connectivity index (χ4v) is 3.02. The second kappa shape index (κ2) is 7.77. The molecule has 0 aromatic heterocycles.